The molecule has 1 aliphatic heterocycles. The predicted octanol–water partition coefficient (Wildman–Crippen LogP) is 3.11. The lowest BCUT2D eigenvalue weighted by Gasteiger charge is -2.18. The predicted molar refractivity (Wildman–Crippen MR) is 79.9 cm³/mol. The number of nitrogens with zero attached hydrogens (tertiary/aromatic N) is 1. The van der Waals surface area contributed by atoms with Crippen LogP contribution < -0.4 is 5.32 Å². The minimum atomic E-state index is -0.470. The van der Waals surface area contributed by atoms with Gasteiger partial charge in [0.25, 0.3) is 0 Å². The van der Waals surface area contributed by atoms with Crippen LogP contribution in [0, 0.1) is 6.92 Å². The van der Waals surface area contributed by atoms with E-state index in [1.54, 1.807) is 0 Å². The van der Waals surface area contributed by atoms with Crippen molar-refractivity contribution < 1.29 is 9.47 Å². The van der Waals surface area contributed by atoms with E-state index in [0.717, 1.165) is 28.8 Å². The summed E-state index contributed by atoms with van der Waals surface area (Å²) in [6.07, 6.45) is 0.0808. The van der Waals surface area contributed by atoms with E-state index in [4.69, 9.17) is 9.47 Å². The van der Waals surface area contributed by atoms with E-state index in [9.17, 15) is 0 Å². The average molecular weight is 272 g/mol. The van der Waals surface area contributed by atoms with Gasteiger partial charge in [0.2, 0.25) is 0 Å². The second-order valence-electron chi connectivity index (χ2n) is 5.66. The molecule has 0 spiro atoms. The van der Waals surface area contributed by atoms with Gasteiger partial charge in [0.1, 0.15) is 6.10 Å². The summed E-state index contributed by atoms with van der Waals surface area (Å²) in [4.78, 5) is 4.54. The summed E-state index contributed by atoms with van der Waals surface area (Å²) in [5.74, 6) is -0.470. The summed E-state index contributed by atoms with van der Waals surface area (Å²) >= 11 is 0. The first kappa shape index (κ1) is 13.3. The van der Waals surface area contributed by atoms with Crippen LogP contribution >= 0.6 is 0 Å². The van der Waals surface area contributed by atoms with E-state index < -0.39 is 5.79 Å². The van der Waals surface area contributed by atoms with E-state index in [2.05, 4.69) is 22.4 Å². The minimum absolute atomic E-state index is 0.0808. The van der Waals surface area contributed by atoms with Crippen molar-refractivity contribution >= 4 is 16.6 Å². The smallest absolute Gasteiger partial charge is 0.163 e. The number of aryl methyl sites for hydroxylation is 1. The molecule has 0 saturated carbocycles. The summed E-state index contributed by atoms with van der Waals surface area (Å²) in [5, 5.41) is 4.60. The van der Waals surface area contributed by atoms with E-state index in [1.165, 1.54) is 0 Å². The van der Waals surface area contributed by atoms with Crippen LogP contribution in [0.4, 0.5) is 5.69 Å². The number of anilines is 1. The highest BCUT2D eigenvalue weighted by Gasteiger charge is 2.32. The van der Waals surface area contributed by atoms with Crippen LogP contribution in [0.25, 0.3) is 10.9 Å². The van der Waals surface area contributed by atoms with Crippen LogP contribution in [0.15, 0.2) is 30.3 Å². The number of ether oxygens (including phenoxy) is 2. The van der Waals surface area contributed by atoms with Crippen molar-refractivity contribution in [3.63, 3.8) is 0 Å². The second-order valence-corrected chi connectivity index (χ2v) is 5.66. The van der Waals surface area contributed by atoms with Crippen LogP contribution in [0.5, 0.6) is 0 Å². The topological polar surface area (TPSA) is 43.4 Å². The van der Waals surface area contributed by atoms with Crippen LogP contribution in [0.1, 0.15) is 19.5 Å². The Kier molecular flexibility index (Phi) is 3.36. The molecule has 1 aliphatic rings. The van der Waals surface area contributed by atoms with Gasteiger partial charge in [-0.25, -0.2) is 0 Å². The summed E-state index contributed by atoms with van der Waals surface area (Å²) in [7, 11) is 0. The first-order valence-electron chi connectivity index (χ1n) is 6.95. The van der Waals surface area contributed by atoms with Gasteiger partial charge in [-0.15, -0.1) is 0 Å². The third kappa shape index (κ3) is 2.76. The number of aromatic nitrogens is 1. The van der Waals surface area contributed by atoms with E-state index in [1.807, 2.05) is 39.0 Å². The Bertz CT molecular complexity index is 625. The summed E-state index contributed by atoms with van der Waals surface area (Å²) < 4.78 is 11.4. The van der Waals surface area contributed by atoms with Gasteiger partial charge in [-0.2, -0.15) is 0 Å². The van der Waals surface area contributed by atoms with Crippen molar-refractivity contribution in [2.75, 3.05) is 18.5 Å². The van der Waals surface area contributed by atoms with Crippen LogP contribution in [0.2, 0.25) is 0 Å². The van der Waals surface area contributed by atoms with E-state index in [0.29, 0.717) is 6.61 Å². The molecule has 20 heavy (non-hydrogen) atoms. The van der Waals surface area contributed by atoms with Crippen molar-refractivity contribution in [1.29, 1.82) is 0 Å². The summed E-state index contributed by atoms with van der Waals surface area (Å²) in [6, 6.07) is 10.2. The maximum absolute atomic E-state index is 5.81. The fraction of sp³-hybridized carbons (Fsp3) is 0.438. The molecule has 1 unspecified atom stereocenters. The molecule has 2 heterocycles. The van der Waals surface area contributed by atoms with Gasteiger partial charge in [0.15, 0.2) is 5.79 Å². The van der Waals surface area contributed by atoms with Crippen molar-refractivity contribution in [1.82, 2.24) is 4.98 Å². The zero-order valence-corrected chi connectivity index (χ0v) is 12.1. The first-order chi connectivity index (χ1) is 9.53. The Morgan fingerprint density at radius 3 is 2.90 bits per heavy atom. The molecule has 1 N–H and O–H groups in total. The fourth-order valence-electron chi connectivity index (χ4n) is 2.54. The Labute approximate surface area is 119 Å². The lowest BCUT2D eigenvalue weighted by atomic mass is 10.1. The maximum Gasteiger partial charge on any atom is 0.163 e. The van der Waals surface area contributed by atoms with Gasteiger partial charge in [-0.05, 0) is 32.9 Å². The lowest BCUT2D eigenvalue weighted by Crippen LogP contribution is -2.26. The van der Waals surface area contributed by atoms with Crippen LogP contribution in [-0.2, 0) is 9.47 Å². The molecule has 4 heteroatoms. The molecular formula is C16H20N2O2. The number of hydrogen-bond acceptors (Lipinski definition) is 4. The van der Waals surface area contributed by atoms with E-state index in [-0.39, 0.29) is 6.10 Å². The molecule has 106 valence electrons. The third-order valence-corrected chi connectivity index (χ3v) is 3.43. The molecule has 1 fully saturated rings. The quantitative estimate of drug-likeness (QED) is 0.932. The highest BCUT2D eigenvalue weighted by molar-refractivity contribution is 5.91. The highest BCUT2D eigenvalue weighted by atomic mass is 16.7. The number of hydrogen-bond donors (Lipinski definition) is 1. The molecule has 1 saturated heterocycles. The molecule has 0 amide bonds. The van der Waals surface area contributed by atoms with Crippen molar-refractivity contribution in [3.05, 3.63) is 36.0 Å². The van der Waals surface area contributed by atoms with Gasteiger partial charge in [0, 0.05) is 23.3 Å². The molecule has 0 aliphatic carbocycles. The van der Waals surface area contributed by atoms with Gasteiger partial charge in [0.05, 0.1) is 12.1 Å². The molecule has 1 aromatic carbocycles. The zero-order chi connectivity index (χ0) is 14.2. The normalized spacial score (nSPS) is 21.2. The van der Waals surface area contributed by atoms with Crippen molar-refractivity contribution in [2.45, 2.75) is 32.7 Å². The van der Waals surface area contributed by atoms with Gasteiger partial charge in [-0.1, -0.05) is 18.2 Å². The summed E-state index contributed by atoms with van der Waals surface area (Å²) in [6.45, 7) is 7.26. The van der Waals surface area contributed by atoms with Gasteiger partial charge in [-0.3, -0.25) is 4.98 Å². The average Bonchev–Trinajstić information content (AvgIpc) is 2.75. The first-order valence-corrected chi connectivity index (χ1v) is 6.95. The maximum atomic E-state index is 5.81. The SMILES string of the molecule is Cc1cc(NCC2COC(C)(C)O2)c2ccccc2n1. The van der Waals surface area contributed by atoms with Crippen molar-refractivity contribution in [3.8, 4) is 0 Å². The highest BCUT2D eigenvalue weighted by Crippen LogP contribution is 2.25. The second kappa shape index (κ2) is 5.04. The Morgan fingerprint density at radius 1 is 1.35 bits per heavy atom. The Balaban J connectivity index is 1.78. The van der Waals surface area contributed by atoms with Crippen LogP contribution in [0.3, 0.4) is 0 Å². The molecule has 0 bridgehead atoms. The number of nitrogens with one attached hydrogen (secondary N) is 1. The molecule has 0 radical (unpaired) electrons. The summed E-state index contributed by atoms with van der Waals surface area (Å²) in [5.41, 5.74) is 3.12. The Morgan fingerprint density at radius 2 is 2.15 bits per heavy atom. The molecule has 3 rings (SSSR count). The molecular weight excluding hydrogens is 252 g/mol. The lowest BCUT2D eigenvalue weighted by molar-refractivity contribution is -0.136. The number of para-hydroxylation sites is 1. The zero-order valence-electron chi connectivity index (χ0n) is 12.1. The largest absolute Gasteiger partial charge is 0.382 e. The fourth-order valence-corrected chi connectivity index (χ4v) is 2.54. The van der Waals surface area contributed by atoms with Gasteiger partial charge < -0.3 is 14.8 Å². The third-order valence-electron chi connectivity index (χ3n) is 3.43. The molecule has 4 nitrogen and oxygen atoms in total. The molecule has 1 atom stereocenters. The van der Waals surface area contributed by atoms with Gasteiger partial charge >= 0.3 is 0 Å². The van der Waals surface area contributed by atoms with E-state index >= 15 is 0 Å². The minimum Gasteiger partial charge on any atom is -0.382 e. The Hall–Kier alpha value is -1.65. The number of rotatable bonds is 3. The molecule has 2 aromatic rings. The van der Waals surface area contributed by atoms with Crippen molar-refractivity contribution in [2.24, 2.45) is 0 Å². The molecule has 1 aromatic heterocycles. The number of pyridine rings is 1. The number of benzene rings is 1. The monoisotopic (exact) mass is 272 g/mol. The van der Waals surface area contributed by atoms with Crippen LogP contribution in [-0.4, -0.2) is 30.0 Å². The standard InChI is InChI=1S/C16H20N2O2/c1-11-8-15(13-6-4-5-7-14(13)18-11)17-9-12-10-19-16(2,3)20-12/h4-8,12H,9-10H2,1-3H3,(H,17,18). The number of fused-ring (bicyclic) bond motifs is 1.